The molecule has 32 heavy (non-hydrogen) atoms. The summed E-state index contributed by atoms with van der Waals surface area (Å²) in [5.74, 6) is 0. The smallest absolute Gasteiger partial charge is 0.0632 e. The number of nitrogens with zero attached hydrogens (tertiary/aromatic N) is 1. The van der Waals surface area contributed by atoms with Gasteiger partial charge in [-0.15, -0.1) is 0 Å². The molecule has 0 heterocycles. The number of hydrogen-bond acceptors (Lipinski definition) is 2. The average molecular weight is 423 g/mol. The maximum atomic E-state index is 5.50. The zero-order valence-electron chi connectivity index (χ0n) is 19.5. The lowest BCUT2D eigenvalue weighted by molar-refractivity contribution is 1.08. The van der Waals surface area contributed by atoms with Crippen molar-refractivity contribution in [1.82, 2.24) is 0 Å². The Morgan fingerprint density at radius 1 is 0.594 bits per heavy atom. The van der Waals surface area contributed by atoms with Gasteiger partial charge in [0, 0.05) is 0 Å². The van der Waals surface area contributed by atoms with Gasteiger partial charge < -0.3 is 5.41 Å². The molecule has 0 aliphatic carbocycles. The van der Waals surface area contributed by atoms with Crippen LogP contribution < -0.4 is 0 Å². The summed E-state index contributed by atoms with van der Waals surface area (Å²) in [7, 11) is 0. The summed E-state index contributed by atoms with van der Waals surface area (Å²) in [5.41, 5.74) is 7.44. The van der Waals surface area contributed by atoms with Gasteiger partial charge in [-0.05, 0) is 54.2 Å². The van der Waals surface area contributed by atoms with E-state index in [-0.39, 0.29) is 0 Å². The topological polar surface area (TPSA) is 36.2 Å². The van der Waals surface area contributed by atoms with Gasteiger partial charge >= 0.3 is 0 Å². The summed E-state index contributed by atoms with van der Waals surface area (Å²) in [5, 5.41) is 5.50. The quantitative estimate of drug-likeness (QED) is 0.320. The van der Waals surface area contributed by atoms with Crippen LogP contribution in [0, 0.1) is 12.3 Å². The molecule has 2 nitrogen and oxygen atoms in total. The van der Waals surface area contributed by atoms with Crippen molar-refractivity contribution in [1.29, 1.82) is 5.41 Å². The van der Waals surface area contributed by atoms with E-state index in [1.807, 2.05) is 38.1 Å². The van der Waals surface area contributed by atoms with Gasteiger partial charge in [-0.3, -0.25) is 4.99 Å². The van der Waals surface area contributed by atoms with E-state index in [0.29, 0.717) is 6.54 Å². The van der Waals surface area contributed by atoms with E-state index in [1.54, 1.807) is 0 Å². The van der Waals surface area contributed by atoms with Crippen molar-refractivity contribution < 1.29 is 0 Å². The molecule has 0 aliphatic rings. The molecule has 0 amide bonds. The molecule has 4 aromatic carbocycles. The van der Waals surface area contributed by atoms with E-state index in [0.717, 1.165) is 0 Å². The standard InChI is InChI=1S/C20H17N.C7H8.C2H6.CH3N/c1-21-15-16-6-5-9-20(14-16)19-12-10-18(11-13-19)17-7-3-2-4-8-17;1-7-5-3-2-4-6-7;2*1-2/h2-14H,1,15H2;2-6H,1H3;1-2H3;2H,1H2. The third-order valence-electron chi connectivity index (χ3n) is 4.49. The first-order chi connectivity index (χ1) is 15.8. The van der Waals surface area contributed by atoms with Gasteiger partial charge in [0.05, 0.1) is 6.54 Å². The highest BCUT2D eigenvalue weighted by molar-refractivity contribution is 5.70. The molecule has 0 radical (unpaired) electrons. The molecule has 2 heteroatoms. The van der Waals surface area contributed by atoms with Crippen LogP contribution >= 0.6 is 0 Å². The zero-order chi connectivity index (χ0) is 23.6. The zero-order valence-corrected chi connectivity index (χ0v) is 19.5. The molecular weight excluding hydrogens is 388 g/mol. The van der Waals surface area contributed by atoms with Crippen LogP contribution in [0.2, 0.25) is 0 Å². The summed E-state index contributed by atoms with van der Waals surface area (Å²) >= 11 is 0. The fourth-order valence-electron chi connectivity index (χ4n) is 3.00. The normalized spacial score (nSPS) is 8.97. The first kappa shape index (κ1) is 26.3. The van der Waals surface area contributed by atoms with E-state index in [9.17, 15) is 0 Å². The lowest BCUT2D eigenvalue weighted by atomic mass is 9.99. The Morgan fingerprint density at radius 2 is 1.03 bits per heavy atom. The van der Waals surface area contributed by atoms with Crippen LogP contribution in [0.4, 0.5) is 0 Å². The molecule has 4 rings (SSSR count). The minimum atomic E-state index is 0.663. The number of rotatable bonds is 4. The second-order valence-corrected chi connectivity index (χ2v) is 6.68. The number of nitrogens with one attached hydrogen (secondary N) is 1. The Hall–Kier alpha value is -3.78. The molecule has 0 bridgehead atoms. The van der Waals surface area contributed by atoms with Crippen molar-refractivity contribution in [2.24, 2.45) is 4.99 Å². The average Bonchev–Trinajstić information content (AvgIpc) is 2.88. The monoisotopic (exact) mass is 422 g/mol. The summed E-state index contributed by atoms with van der Waals surface area (Å²) in [4.78, 5) is 3.94. The molecule has 0 fully saturated rings. The van der Waals surface area contributed by atoms with Crippen LogP contribution in [-0.2, 0) is 6.54 Å². The van der Waals surface area contributed by atoms with E-state index < -0.39 is 0 Å². The first-order valence-electron chi connectivity index (χ1n) is 10.8. The molecule has 0 saturated heterocycles. The van der Waals surface area contributed by atoms with Gasteiger partial charge in [-0.25, -0.2) is 0 Å². The van der Waals surface area contributed by atoms with Crippen molar-refractivity contribution in [3.8, 4) is 22.3 Å². The van der Waals surface area contributed by atoms with Crippen molar-refractivity contribution >= 4 is 13.4 Å². The number of benzene rings is 4. The van der Waals surface area contributed by atoms with Crippen LogP contribution in [0.15, 0.2) is 114 Å². The summed E-state index contributed by atoms with van der Waals surface area (Å²) < 4.78 is 0. The Balaban J connectivity index is 0.000000390. The van der Waals surface area contributed by atoms with Crippen molar-refractivity contribution in [3.05, 3.63) is 120 Å². The third kappa shape index (κ3) is 8.93. The summed E-state index contributed by atoms with van der Waals surface area (Å²) in [6.45, 7) is 12.8. The van der Waals surface area contributed by atoms with Crippen LogP contribution in [0.5, 0.6) is 0 Å². The fraction of sp³-hybridized carbons (Fsp3) is 0.133. The van der Waals surface area contributed by atoms with Crippen LogP contribution in [-0.4, -0.2) is 13.4 Å². The summed E-state index contributed by atoms with van der Waals surface area (Å²) in [6, 6.07) is 37.8. The highest BCUT2D eigenvalue weighted by Gasteiger charge is 2.01. The fourth-order valence-corrected chi connectivity index (χ4v) is 3.00. The van der Waals surface area contributed by atoms with Crippen molar-refractivity contribution in [2.45, 2.75) is 27.3 Å². The molecule has 0 unspecified atom stereocenters. The molecule has 0 aromatic heterocycles. The van der Waals surface area contributed by atoms with Crippen LogP contribution in [0.1, 0.15) is 25.0 Å². The van der Waals surface area contributed by atoms with Gasteiger partial charge in [0.1, 0.15) is 0 Å². The van der Waals surface area contributed by atoms with Gasteiger partial charge in [0.25, 0.3) is 0 Å². The van der Waals surface area contributed by atoms with Gasteiger partial charge in [0.15, 0.2) is 0 Å². The number of aliphatic imine (C=N–C) groups is 1. The predicted octanol–water partition coefficient (Wildman–Crippen LogP) is 8.51. The Bertz CT molecular complexity index is 1010. The highest BCUT2D eigenvalue weighted by Crippen LogP contribution is 2.25. The Labute approximate surface area is 193 Å². The summed E-state index contributed by atoms with van der Waals surface area (Å²) in [6.07, 6.45) is 0. The maximum absolute atomic E-state index is 5.50. The maximum Gasteiger partial charge on any atom is 0.0632 e. The van der Waals surface area contributed by atoms with Gasteiger partial charge in [0.2, 0.25) is 0 Å². The third-order valence-corrected chi connectivity index (χ3v) is 4.49. The van der Waals surface area contributed by atoms with Gasteiger partial charge in [-0.1, -0.05) is 123 Å². The minimum Gasteiger partial charge on any atom is -0.317 e. The molecule has 0 spiro atoms. The van der Waals surface area contributed by atoms with E-state index in [4.69, 9.17) is 5.41 Å². The molecule has 164 valence electrons. The highest BCUT2D eigenvalue weighted by atomic mass is 14.7. The predicted molar refractivity (Wildman–Crippen MR) is 143 cm³/mol. The van der Waals surface area contributed by atoms with E-state index in [1.165, 1.54) is 33.4 Å². The second-order valence-electron chi connectivity index (χ2n) is 6.68. The van der Waals surface area contributed by atoms with Crippen LogP contribution in [0.3, 0.4) is 0 Å². The van der Waals surface area contributed by atoms with Crippen molar-refractivity contribution in [2.75, 3.05) is 0 Å². The Morgan fingerprint density at radius 3 is 1.50 bits per heavy atom. The van der Waals surface area contributed by atoms with Crippen molar-refractivity contribution in [3.63, 3.8) is 0 Å². The molecular formula is C30H34N2. The molecule has 0 saturated carbocycles. The van der Waals surface area contributed by atoms with E-state index in [2.05, 4.69) is 110 Å². The molecule has 4 aromatic rings. The lowest BCUT2D eigenvalue weighted by Crippen LogP contribution is -1.84. The molecule has 0 aliphatic heterocycles. The first-order valence-corrected chi connectivity index (χ1v) is 10.8. The SMILES string of the molecule is C=N.C=NCc1cccc(-c2ccc(-c3ccccc3)cc2)c1.CC.Cc1ccccc1. The number of aryl methyl sites for hydroxylation is 1. The minimum absolute atomic E-state index is 0.663. The van der Waals surface area contributed by atoms with Crippen LogP contribution in [0.25, 0.3) is 22.3 Å². The molecule has 0 atom stereocenters. The second kappa shape index (κ2) is 16.0. The lowest BCUT2D eigenvalue weighted by Gasteiger charge is -2.06. The molecule has 1 N–H and O–H groups in total. The van der Waals surface area contributed by atoms with E-state index >= 15 is 0 Å². The van der Waals surface area contributed by atoms with Gasteiger partial charge in [-0.2, -0.15) is 0 Å². The Kier molecular flexibility index (Phi) is 13.1. The number of hydrogen-bond donors (Lipinski definition) is 1. The largest absolute Gasteiger partial charge is 0.317 e.